The predicted octanol–water partition coefficient (Wildman–Crippen LogP) is 3.34. The average Bonchev–Trinajstić information content (AvgIpc) is 3.19. The van der Waals surface area contributed by atoms with E-state index >= 15 is 0 Å². The summed E-state index contributed by atoms with van der Waals surface area (Å²) in [6.45, 7) is 4.63. The van der Waals surface area contributed by atoms with Crippen molar-refractivity contribution in [1.29, 1.82) is 0 Å². The molecule has 0 atom stereocenters. The lowest BCUT2D eigenvalue weighted by atomic mass is 10.1. The Bertz CT molecular complexity index is 1210. The van der Waals surface area contributed by atoms with Crippen LogP contribution in [0.25, 0.3) is 11.5 Å². The van der Waals surface area contributed by atoms with E-state index in [2.05, 4.69) is 4.98 Å². The molecule has 0 spiro atoms. The van der Waals surface area contributed by atoms with Gasteiger partial charge in [-0.1, -0.05) is 24.3 Å². The van der Waals surface area contributed by atoms with Crippen LogP contribution < -0.4 is 0 Å². The molecule has 4 rings (SSSR count). The first-order valence-corrected chi connectivity index (χ1v) is 11.7. The molecule has 3 aromatic rings. The molecule has 8 nitrogen and oxygen atoms in total. The van der Waals surface area contributed by atoms with Gasteiger partial charge in [-0.3, -0.25) is 0 Å². The van der Waals surface area contributed by atoms with Gasteiger partial charge < -0.3 is 13.9 Å². The van der Waals surface area contributed by atoms with Crippen molar-refractivity contribution in [3.8, 4) is 11.5 Å². The second kappa shape index (κ2) is 9.23. The molecular weight excluding hydrogens is 432 g/mol. The van der Waals surface area contributed by atoms with Crippen molar-refractivity contribution < 1.29 is 27.1 Å². The van der Waals surface area contributed by atoms with Crippen LogP contribution in [0.4, 0.5) is 0 Å². The van der Waals surface area contributed by atoms with Crippen LogP contribution in [-0.4, -0.2) is 50.0 Å². The van der Waals surface area contributed by atoms with Crippen molar-refractivity contribution in [3.63, 3.8) is 0 Å². The summed E-state index contributed by atoms with van der Waals surface area (Å²) in [5.41, 5.74) is 2.05. The van der Waals surface area contributed by atoms with E-state index in [9.17, 15) is 13.2 Å². The minimum Gasteiger partial charge on any atom is -0.455 e. The number of carbonyl (C=O) groups is 1. The zero-order chi connectivity index (χ0) is 22.7. The Morgan fingerprint density at radius 1 is 1.09 bits per heavy atom. The lowest BCUT2D eigenvalue weighted by molar-refractivity contribution is 0.0466. The Morgan fingerprint density at radius 2 is 1.81 bits per heavy atom. The summed E-state index contributed by atoms with van der Waals surface area (Å²) >= 11 is 0. The molecule has 0 saturated carbocycles. The molecule has 1 aromatic heterocycles. The van der Waals surface area contributed by atoms with Gasteiger partial charge in [0.25, 0.3) is 0 Å². The third kappa shape index (κ3) is 4.59. The summed E-state index contributed by atoms with van der Waals surface area (Å²) in [6.07, 6.45) is 0. The fourth-order valence-electron chi connectivity index (χ4n) is 3.41. The number of aryl methyl sites for hydroxylation is 2. The summed E-state index contributed by atoms with van der Waals surface area (Å²) < 4.78 is 43.8. The number of hydrogen-bond donors (Lipinski definition) is 0. The number of benzene rings is 2. The van der Waals surface area contributed by atoms with Gasteiger partial charge in [-0.05, 0) is 43.7 Å². The van der Waals surface area contributed by atoms with Crippen molar-refractivity contribution in [1.82, 2.24) is 9.29 Å². The van der Waals surface area contributed by atoms with Crippen LogP contribution in [0.1, 0.15) is 27.4 Å². The maximum Gasteiger partial charge on any atom is 0.338 e. The highest BCUT2D eigenvalue weighted by Crippen LogP contribution is 2.24. The van der Waals surface area contributed by atoms with Crippen molar-refractivity contribution in [2.45, 2.75) is 25.3 Å². The minimum atomic E-state index is -3.73. The van der Waals surface area contributed by atoms with Crippen LogP contribution in [0.15, 0.2) is 57.8 Å². The number of ether oxygens (including phenoxy) is 2. The van der Waals surface area contributed by atoms with Gasteiger partial charge in [-0.2, -0.15) is 4.31 Å². The number of hydrogen-bond acceptors (Lipinski definition) is 7. The maximum absolute atomic E-state index is 13.0. The Labute approximate surface area is 186 Å². The minimum absolute atomic E-state index is 0.0829. The first-order chi connectivity index (χ1) is 15.4. The number of esters is 1. The molecule has 1 aliphatic rings. The fourth-order valence-corrected chi connectivity index (χ4v) is 5.07. The smallest absolute Gasteiger partial charge is 0.338 e. The average molecular weight is 457 g/mol. The second-order valence-corrected chi connectivity index (χ2v) is 9.37. The topological polar surface area (TPSA) is 98.9 Å². The van der Waals surface area contributed by atoms with Crippen LogP contribution in [0.3, 0.4) is 0 Å². The number of nitrogens with zero attached hydrogens (tertiary/aromatic N) is 2. The largest absolute Gasteiger partial charge is 0.455 e. The number of sulfonamides is 1. The van der Waals surface area contributed by atoms with Crippen molar-refractivity contribution in [2.75, 3.05) is 26.3 Å². The quantitative estimate of drug-likeness (QED) is 0.525. The van der Waals surface area contributed by atoms with Gasteiger partial charge in [0.15, 0.2) is 0 Å². The third-order valence-corrected chi connectivity index (χ3v) is 7.31. The number of carbonyl (C=O) groups excluding carboxylic acids is 1. The van der Waals surface area contributed by atoms with E-state index in [1.54, 1.807) is 26.0 Å². The van der Waals surface area contributed by atoms with Crippen molar-refractivity contribution >= 4 is 16.0 Å². The number of rotatable bonds is 6. The van der Waals surface area contributed by atoms with Crippen molar-refractivity contribution in [3.05, 3.63) is 71.1 Å². The zero-order valence-corrected chi connectivity index (χ0v) is 18.7. The van der Waals surface area contributed by atoms with Crippen LogP contribution >= 0.6 is 0 Å². The maximum atomic E-state index is 13.0. The third-order valence-electron chi connectivity index (χ3n) is 5.27. The van der Waals surface area contributed by atoms with Crippen LogP contribution in [-0.2, 0) is 26.1 Å². The first-order valence-electron chi connectivity index (χ1n) is 10.2. The summed E-state index contributed by atoms with van der Waals surface area (Å²) in [5, 5.41) is 0. The van der Waals surface area contributed by atoms with Crippen LogP contribution in [0.2, 0.25) is 0 Å². The molecule has 0 bridgehead atoms. The summed E-state index contributed by atoms with van der Waals surface area (Å²) in [6, 6.07) is 14.0. The van der Waals surface area contributed by atoms with Gasteiger partial charge in [0, 0.05) is 18.7 Å². The van der Waals surface area contributed by atoms with Gasteiger partial charge in [0.1, 0.15) is 18.1 Å². The molecule has 0 aliphatic carbocycles. The highest BCUT2D eigenvalue weighted by atomic mass is 32.2. The fraction of sp³-hybridized carbons (Fsp3) is 0.304. The lowest BCUT2D eigenvalue weighted by Gasteiger charge is -2.26. The molecule has 168 valence electrons. The van der Waals surface area contributed by atoms with E-state index in [0.29, 0.717) is 36.1 Å². The second-order valence-electron chi connectivity index (χ2n) is 7.46. The molecule has 0 amide bonds. The van der Waals surface area contributed by atoms with E-state index < -0.39 is 16.0 Å². The standard InChI is InChI=1S/C23H24N2O6S/c1-16-8-9-19(14-21(16)32(27,28)25-10-12-29-13-11-25)23(26)30-15-20-17(2)31-22(24-20)18-6-4-3-5-7-18/h3-9,14H,10-13,15H2,1-2H3. The Balaban J connectivity index is 1.50. The highest BCUT2D eigenvalue weighted by Gasteiger charge is 2.28. The van der Waals surface area contributed by atoms with Gasteiger partial charge in [0.05, 0.1) is 23.7 Å². The Morgan fingerprint density at radius 3 is 2.53 bits per heavy atom. The van der Waals surface area contributed by atoms with E-state index in [1.807, 2.05) is 30.3 Å². The number of oxazole rings is 1. The Kier molecular flexibility index (Phi) is 6.40. The van der Waals surface area contributed by atoms with Crippen molar-refractivity contribution in [2.24, 2.45) is 0 Å². The molecule has 1 fully saturated rings. The van der Waals surface area contributed by atoms with Crippen LogP contribution in [0, 0.1) is 13.8 Å². The highest BCUT2D eigenvalue weighted by molar-refractivity contribution is 7.89. The summed E-state index contributed by atoms with van der Waals surface area (Å²) in [7, 11) is -3.73. The van der Waals surface area contributed by atoms with E-state index in [4.69, 9.17) is 13.9 Å². The monoisotopic (exact) mass is 456 g/mol. The number of morpholine rings is 1. The van der Waals surface area contributed by atoms with Gasteiger partial charge in [-0.25, -0.2) is 18.2 Å². The van der Waals surface area contributed by atoms with E-state index in [-0.39, 0.29) is 30.2 Å². The predicted molar refractivity (Wildman–Crippen MR) is 117 cm³/mol. The van der Waals surface area contributed by atoms with Gasteiger partial charge in [-0.15, -0.1) is 0 Å². The molecule has 32 heavy (non-hydrogen) atoms. The lowest BCUT2D eigenvalue weighted by Crippen LogP contribution is -2.40. The molecule has 0 unspecified atom stereocenters. The first kappa shape index (κ1) is 22.2. The van der Waals surface area contributed by atoms with E-state index in [1.165, 1.54) is 10.4 Å². The molecule has 1 saturated heterocycles. The summed E-state index contributed by atoms with van der Waals surface area (Å²) in [4.78, 5) is 17.2. The molecule has 0 N–H and O–H groups in total. The van der Waals surface area contributed by atoms with Crippen LogP contribution in [0.5, 0.6) is 0 Å². The normalized spacial score (nSPS) is 14.9. The molecule has 0 radical (unpaired) electrons. The van der Waals surface area contributed by atoms with Gasteiger partial charge >= 0.3 is 5.97 Å². The summed E-state index contributed by atoms with van der Waals surface area (Å²) in [5.74, 6) is 0.367. The Hall–Kier alpha value is -3.01. The molecule has 2 aromatic carbocycles. The van der Waals surface area contributed by atoms with E-state index in [0.717, 1.165) is 5.56 Å². The SMILES string of the molecule is Cc1ccc(C(=O)OCc2nc(-c3ccccc3)oc2C)cc1S(=O)(=O)N1CCOCC1. The number of aromatic nitrogens is 1. The molecular formula is C23H24N2O6S. The molecule has 9 heteroatoms. The molecule has 2 heterocycles. The van der Waals surface area contributed by atoms with Gasteiger partial charge in [0.2, 0.25) is 15.9 Å². The zero-order valence-electron chi connectivity index (χ0n) is 17.9. The molecule has 1 aliphatic heterocycles.